The molecule has 34 heavy (non-hydrogen) atoms. The van der Waals surface area contributed by atoms with Crippen LogP contribution in [0.3, 0.4) is 0 Å². The molecule has 3 N–H and O–H groups in total. The van der Waals surface area contributed by atoms with Crippen LogP contribution in [0.25, 0.3) is 11.1 Å². The summed E-state index contributed by atoms with van der Waals surface area (Å²) in [6, 6.07) is 22.2. The van der Waals surface area contributed by atoms with Crippen molar-refractivity contribution < 1.29 is 24.2 Å². The van der Waals surface area contributed by atoms with E-state index < -0.39 is 24.0 Å². The van der Waals surface area contributed by atoms with Crippen LogP contribution >= 0.6 is 0 Å². The van der Waals surface area contributed by atoms with E-state index in [0.29, 0.717) is 17.7 Å². The fourth-order valence-electron chi connectivity index (χ4n) is 4.27. The van der Waals surface area contributed by atoms with Crippen LogP contribution in [-0.2, 0) is 9.53 Å². The van der Waals surface area contributed by atoms with Crippen molar-refractivity contribution in [3.63, 3.8) is 0 Å². The normalized spacial score (nSPS) is 12.9. The molecule has 0 saturated carbocycles. The van der Waals surface area contributed by atoms with Gasteiger partial charge >= 0.3 is 12.1 Å². The summed E-state index contributed by atoms with van der Waals surface area (Å²) in [7, 11) is 0. The molecule has 4 rings (SSSR count). The summed E-state index contributed by atoms with van der Waals surface area (Å²) in [6.07, 6.45) is -0.271. The van der Waals surface area contributed by atoms with E-state index in [-0.39, 0.29) is 18.9 Å². The number of carbonyl (C=O) groups excluding carboxylic acids is 2. The van der Waals surface area contributed by atoms with Crippen LogP contribution in [0.2, 0.25) is 0 Å². The number of anilines is 1. The molecule has 7 nitrogen and oxygen atoms in total. The van der Waals surface area contributed by atoms with Crippen molar-refractivity contribution in [1.82, 2.24) is 5.32 Å². The first-order valence-electron chi connectivity index (χ1n) is 11.2. The highest BCUT2D eigenvalue weighted by Crippen LogP contribution is 2.44. The molecule has 2 amide bonds. The topological polar surface area (TPSA) is 105 Å². The van der Waals surface area contributed by atoms with Gasteiger partial charge in [0.25, 0.3) is 5.91 Å². The SMILES string of the molecule is CC[C@H](CC(=O)O)NC(=O)c1cccc(NC(=O)OCC2c3ccccc3-c3ccccc32)c1. The van der Waals surface area contributed by atoms with Crippen LogP contribution in [0.5, 0.6) is 0 Å². The molecule has 0 bridgehead atoms. The summed E-state index contributed by atoms with van der Waals surface area (Å²) in [5.74, 6) is -1.42. The second-order valence-electron chi connectivity index (χ2n) is 8.21. The first-order chi connectivity index (χ1) is 16.5. The van der Waals surface area contributed by atoms with E-state index in [0.717, 1.165) is 22.3 Å². The number of rotatable bonds is 8. The maximum atomic E-state index is 12.5. The van der Waals surface area contributed by atoms with Crippen molar-refractivity contribution in [2.45, 2.75) is 31.7 Å². The lowest BCUT2D eigenvalue weighted by Crippen LogP contribution is -2.36. The van der Waals surface area contributed by atoms with Gasteiger partial charge < -0.3 is 15.2 Å². The molecule has 0 heterocycles. The van der Waals surface area contributed by atoms with Crippen LogP contribution < -0.4 is 10.6 Å². The number of amides is 2. The Morgan fingerprint density at radius 2 is 1.59 bits per heavy atom. The summed E-state index contributed by atoms with van der Waals surface area (Å²) in [5.41, 5.74) is 5.29. The number of carboxylic acids is 1. The minimum Gasteiger partial charge on any atom is -0.481 e. The average molecular weight is 459 g/mol. The molecule has 3 aromatic rings. The van der Waals surface area contributed by atoms with E-state index in [1.807, 2.05) is 31.2 Å². The van der Waals surface area contributed by atoms with Gasteiger partial charge in [-0.2, -0.15) is 0 Å². The molecule has 0 saturated heterocycles. The summed E-state index contributed by atoms with van der Waals surface area (Å²) in [5, 5.41) is 14.4. The van der Waals surface area contributed by atoms with E-state index in [2.05, 4.69) is 34.9 Å². The van der Waals surface area contributed by atoms with Crippen molar-refractivity contribution >= 4 is 23.7 Å². The number of carboxylic acid groups (broad SMARTS) is 1. The van der Waals surface area contributed by atoms with Crippen molar-refractivity contribution in [3.05, 3.63) is 89.5 Å². The summed E-state index contributed by atoms with van der Waals surface area (Å²) >= 11 is 0. The van der Waals surface area contributed by atoms with Gasteiger partial charge in [-0.25, -0.2) is 4.79 Å². The number of hydrogen-bond donors (Lipinski definition) is 3. The number of carbonyl (C=O) groups is 3. The Kier molecular flexibility index (Phi) is 6.92. The maximum Gasteiger partial charge on any atom is 0.411 e. The molecule has 174 valence electrons. The monoisotopic (exact) mass is 458 g/mol. The summed E-state index contributed by atoms with van der Waals surface area (Å²) in [4.78, 5) is 36.0. The lowest BCUT2D eigenvalue weighted by Gasteiger charge is -2.16. The second-order valence-corrected chi connectivity index (χ2v) is 8.21. The molecular formula is C27H26N2O5. The van der Waals surface area contributed by atoms with Gasteiger partial charge in [-0.15, -0.1) is 0 Å². The fourth-order valence-corrected chi connectivity index (χ4v) is 4.27. The fraction of sp³-hybridized carbons (Fsp3) is 0.222. The van der Waals surface area contributed by atoms with E-state index in [1.54, 1.807) is 18.2 Å². The first-order valence-corrected chi connectivity index (χ1v) is 11.2. The van der Waals surface area contributed by atoms with E-state index in [4.69, 9.17) is 9.84 Å². The third-order valence-electron chi connectivity index (χ3n) is 5.96. The third kappa shape index (κ3) is 5.09. The smallest absolute Gasteiger partial charge is 0.411 e. The Hall–Kier alpha value is -4.13. The number of aliphatic carboxylic acids is 1. The van der Waals surface area contributed by atoms with E-state index in [1.165, 1.54) is 6.07 Å². The van der Waals surface area contributed by atoms with Crippen LogP contribution in [0, 0.1) is 0 Å². The zero-order valence-corrected chi connectivity index (χ0v) is 18.8. The molecule has 0 fully saturated rings. The van der Waals surface area contributed by atoms with Gasteiger partial charge in [-0.05, 0) is 46.9 Å². The molecule has 7 heteroatoms. The van der Waals surface area contributed by atoms with E-state index in [9.17, 15) is 14.4 Å². The standard InChI is InChI=1S/C27H26N2O5/c1-2-18(15-25(30)31)28-26(32)17-8-7-9-19(14-17)29-27(33)34-16-24-22-12-5-3-10-20(22)21-11-4-6-13-23(21)24/h3-14,18,24H,2,15-16H2,1H3,(H,28,32)(H,29,33)(H,30,31)/t18-/m1/s1. The predicted molar refractivity (Wildman–Crippen MR) is 129 cm³/mol. The number of hydrogen-bond acceptors (Lipinski definition) is 4. The van der Waals surface area contributed by atoms with E-state index >= 15 is 0 Å². The van der Waals surface area contributed by atoms with Gasteiger partial charge in [0.2, 0.25) is 0 Å². The van der Waals surface area contributed by atoms with Crippen molar-refractivity contribution in [3.8, 4) is 11.1 Å². The van der Waals surface area contributed by atoms with Crippen molar-refractivity contribution in [1.29, 1.82) is 0 Å². The Morgan fingerprint density at radius 3 is 2.21 bits per heavy atom. The van der Waals surface area contributed by atoms with Crippen LogP contribution in [0.1, 0.15) is 47.2 Å². The quantitative estimate of drug-likeness (QED) is 0.439. The van der Waals surface area contributed by atoms with Gasteiger partial charge in [-0.1, -0.05) is 61.5 Å². The first kappa shape index (κ1) is 23.0. The zero-order valence-electron chi connectivity index (χ0n) is 18.8. The van der Waals surface area contributed by atoms with Crippen molar-refractivity contribution in [2.24, 2.45) is 0 Å². The molecule has 1 aliphatic rings. The molecule has 0 unspecified atom stereocenters. The largest absolute Gasteiger partial charge is 0.481 e. The molecule has 0 aromatic heterocycles. The lowest BCUT2D eigenvalue weighted by molar-refractivity contribution is -0.137. The summed E-state index contributed by atoms with van der Waals surface area (Å²) in [6.45, 7) is 2.00. The Labute approximate surface area is 197 Å². The molecular weight excluding hydrogens is 432 g/mol. The molecule has 0 radical (unpaired) electrons. The average Bonchev–Trinajstić information content (AvgIpc) is 3.16. The molecule has 0 aliphatic heterocycles. The van der Waals surface area contributed by atoms with Gasteiger partial charge in [0, 0.05) is 23.2 Å². The lowest BCUT2D eigenvalue weighted by atomic mass is 9.98. The molecule has 1 atom stereocenters. The molecule has 3 aromatic carbocycles. The third-order valence-corrected chi connectivity index (χ3v) is 5.96. The number of benzene rings is 3. The Morgan fingerprint density at radius 1 is 0.941 bits per heavy atom. The highest BCUT2D eigenvalue weighted by Gasteiger charge is 2.29. The predicted octanol–water partition coefficient (Wildman–Crippen LogP) is 5.03. The minimum atomic E-state index is -0.974. The highest BCUT2D eigenvalue weighted by atomic mass is 16.5. The van der Waals surface area contributed by atoms with Crippen LogP contribution in [0.15, 0.2) is 72.8 Å². The van der Waals surface area contributed by atoms with Gasteiger partial charge in [-0.3, -0.25) is 14.9 Å². The summed E-state index contributed by atoms with van der Waals surface area (Å²) < 4.78 is 5.55. The highest BCUT2D eigenvalue weighted by molar-refractivity contribution is 5.96. The maximum absolute atomic E-state index is 12.5. The van der Waals surface area contributed by atoms with Crippen LogP contribution in [-0.4, -0.2) is 35.7 Å². The van der Waals surface area contributed by atoms with Crippen LogP contribution in [0.4, 0.5) is 10.5 Å². The van der Waals surface area contributed by atoms with Crippen molar-refractivity contribution in [2.75, 3.05) is 11.9 Å². The second kappa shape index (κ2) is 10.2. The Balaban J connectivity index is 1.39. The number of fused-ring (bicyclic) bond motifs is 3. The van der Waals surface area contributed by atoms with Gasteiger partial charge in [0.1, 0.15) is 6.61 Å². The van der Waals surface area contributed by atoms with Gasteiger partial charge in [0.15, 0.2) is 0 Å². The number of ether oxygens (including phenoxy) is 1. The number of nitrogens with one attached hydrogen (secondary N) is 2. The molecule has 1 aliphatic carbocycles. The Bertz CT molecular complexity index is 1180. The van der Waals surface area contributed by atoms with Gasteiger partial charge in [0.05, 0.1) is 6.42 Å². The minimum absolute atomic E-state index is 0.0459. The molecule has 0 spiro atoms. The zero-order chi connectivity index (χ0) is 24.1.